The van der Waals surface area contributed by atoms with Crippen LogP contribution in [0.25, 0.3) is 0 Å². The highest BCUT2D eigenvalue weighted by Crippen LogP contribution is 2.29. The Morgan fingerprint density at radius 2 is 1.85 bits per heavy atom. The van der Waals surface area contributed by atoms with E-state index in [1.165, 1.54) is 18.2 Å². The van der Waals surface area contributed by atoms with Crippen LogP contribution in [-0.2, 0) is 4.79 Å². The lowest BCUT2D eigenvalue weighted by Gasteiger charge is -2.21. The quantitative estimate of drug-likeness (QED) is 0.650. The van der Waals surface area contributed by atoms with E-state index in [9.17, 15) is 4.79 Å². The monoisotopic (exact) mass is 202 g/mol. The first-order valence-corrected chi connectivity index (χ1v) is 6.20. The Hall–Kier alpha value is 0.0200. The lowest BCUT2D eigenvalue weighted by Crippen LogP contribution is -2.21. The van der Waals surface area contributed by atoms with Crippen LogP contribution in [0.15, 0.2) is 0 Å². The van der Waals surface area contributed by atoms with Crippen LogP contribution < -0.4 is 0 Å². The van der Waals surface area contributed by atoms with Crippen molar-refractivity contribution < 1.29 is 4.79 Å². The maximum Gasteiger partial charge on any atom is 0.194 e. The van der Waals surface area contributed by atoms with Crippen molar-refractivity contribution >= 4 is 16.9 Å². The molecule has 0 aliphatic carbocycles. The molecular formula is C11H22OS. The van der Waals surface area contributed by atoms with Gasteiger partial charge in [0.05, 0.1) is 0 Å². The van der Waals surface area contributed by atoms with Gasteiger partial charge in [-0.3, -0.25) is 4.79 Å². The predicted octanol–water partition coefficient (Wildman–Crippen LogP) is 3.87. The molecule has 0 aromatic heterocycles. The van der Waals surface area contributed by atoms with Crippen molar-refractivity contribution in [3.05, 3.63) is 0 Å². The normalized spacial score (nSPS) is 11.7. The molecule has 0 bridgehead atoms. The Labute approximate surface area is 86.7 Å². The van der Waals surface area contributed by atoms with Crippen LogP contribution in [0, 0.1) is 5.41 Å². The van der Waals surface area contributed by atoms with Gasteiger partial charge in [-0.2, -0.15) is 0 Å². The topological polar surface area (TPSA) is 17.1 Å². The fraction of sp³-hybridized carbons (Fsp3) is 0.909. The van der Waals surface area contributed by atoms with Crippen LogP contribution in [0.2, 0.25) is 0 Å². The second-order valence-corrected chi connectivity index (χ2v) is 5.19. The molecule has 0 radical (unpaired) electrons. The third-order valence-corrected chi connectivity index (χ3v) is 3.57. The predicted molar refractivity (Wildman–Crippen MR) is 61.1 cm³/mol. The number of carbonyl (C=O) groups excluding carboxylic acids is 1. The Morgan fingerprint density at radius 1 is 1.23 bits per heavy atom. The first-order chi connectivity index (χ1) is 6.04. The van der Waals surface area contributed by atoms with E-state index in [2.05, 4.69) is 27.7 Å². The Kier molecular flexibility index (Phi) is 6.48. The third-order valence-electron chi connectivity index (χ3n) is 2.15. The summed E-state index contributed by atoms with van der Waals surface area (Å²) in [6.07, 6.45) is 4.44. The van der Waals surface area contributed by atoms with Gasteiger partial charge >= 0.3 is 0 Å². The maximum absolute atomic E-state index is 11.7. The average Bonchev–Trinajstić information content (AvgIpc) is 2.10. The standard InChI is InChI=1S/C11H22OS/c1-5-7-8-11(3,4)10(12)13-9-6-2/h5-9H2,1-4H3. The van der Waals surface area contributed by atoms with E-state index in [0.717, 1.165) is 25.0 Å². The van der Waals surface area contributed by atoms with Crippen LogP contribution in [-0.4, -0.2) is 10.9 Å². The molecule has 0 aromatic rings. The zero-order valence-electron chi connectivity index (χ0n) is 9.35. The molecule has 1 nitrogen and oxygen atoms in total. The molecule has 0 aliphatic heterocycles. The highest BCUT2D eigenvalue weighted by atomic mass is 32.2. The first kappa shape index (κ1) is 13.0. The SMILES string of the molecule is CCCCC(C)(C)C(=O)SCCC. The zero-order valence-corrected chi connectivity index (χ0v) is 10.2. The zero-order chi connectivity index (χ0) is 10.3. The van der Waals surface area contributed by atoms with E-state index in [4.69, 9.17) is 0 Å². The van der Waals surface area contributed by atoms with Crippen LogP contribution in [0.3, 0.4) is 0 Å². The Morgan fingerprint density at radius 3 is 2.31 bits per heavy atom. The van der Waals surface area contributed by atoms with Gasteiger partial charge in [0.15, 0.2) is 5.12 Å². The molecule has 0 spiro atoms. The van der Waals surface area contributed by atoms with E-state index in [1.807, 2.05) is 0 Å². The van der Waals surface area contributed by atoms with Crippen LogP contribution in [0.1, 0.15) is 53.4 Å². The second-order valence-electron chi connectivity index (χ2n) is 4.12. The van der Waals surface area contributed by atoms with Crippen molar-refractivity contribution in [2.75, 3.05) is 5.75 Å². The summed E-state index contributed by atoms with van der Waals surface area (Å²) in [4.78, 5) is 11.7. The molecule has 78 valence electrons. The first-order valence-electron chi connectivity index (χ1n) is 5.21. The average molecular weight is 202 g/mol. The minimum atomic E-state index is -0.115. The molecule has 0 unspecified atom stereocenters. The van der Waals surface area contributed by atoms with Gasteiger partial charge in [-0.05, 0) is 12.8 Å². The number of hydrogen-bond acceptors (Lipinski definition) is 2. The number of rotatable bonds is 6. The molecule has 0 saturated carbocycles. The highest BCUT2D eigenvalue weighted by molar-refractivity contribution is 8.13. The van der Waals surface area contributed by atoms with E-state index in [0.29, 0.717) is 5.12 Å². The van der Waals surface area contributed by atoms with Crippen LogP contribution >= 0.6 is 11.8 Å². The smallest absolute Gasteiger partial charge is 0.194 e. The molecule has 0 aromatic carbocycles. The molecule has 0 fully saturated rings. The van der Waals surface area contributed by atoms with Gasteiger partial charge in [0.1, 0.15) is 0 Å². The molecule has 2 heteroatoms. The summed E-state index contributed by atoms with van der Waals surface area (Å²) >= 11 is 1.49. The number of carbonyl (C=O) groups is 1. The lowest BCUT2D eigenvalue weighted by atomic mass is 9.89. The minimum absolute atomic E-state index is 0.115. The molecule has 0 heterocycles. The van der Waals surface area contributed by atoms with Crippen molar-refractivity contribution in [1.82, 2.24) is 0 Å². The molecule has 0 atom stereocenters. The van der Waals surface area contributed by atoms with E-state index in [-0.39, 0.29) is 5.41 Å². The molecule has 0 amide bonds. The molecular weight excluding hydrogens is 180 g/mol. The van der Waals surface area contributed by atoms with E-state index >= 15 is 0 Å². The van der Waals surface area contributed by atoms with Crippen LogP contribution in [0.4, 0.5) is 0 Å². The van der Waals surface area contributed by atoms with Gasteiger partial charge in [-0.25, -0.2) is 0 Å². The maximum atomic E-state index is 11.7. The summed E-state index contributed by atoms with van der Waals surface area (Å²) < 4.78 is 0. The minimum Gasteiger partial charge on any atom is -0.287 e. The summed E-state index contributed by atoms with van der Waals surface area (Å²) in [5.41, 5.74) is -0.115. The van der Waals surface area contributed by atoms with Gasteiger partial charge in [0, 0.05) is 11.2 Å². The Balaban J connectivity index is 3.87. The highest BCUT2D eigenvalue weighted by Gasteiger charge is 2.26. The van der Waals surface area contributed by atoms with Gasteiger partial charge in [0.2, 0.25) is 0 Å². The van der Waals surface area contributed by atoms with Gasteiger partial charge in [-0.1, -0.05) is 52.3 Å². The van der Waals surface area contributed by atoms with Gasteiger partial charge in [0.25, 0.3) is 0 Å². The van der Waals surface area contributed by atoms with Gasteiger partial charge < -0.3 is 0 Å². The summed E-state index contributed by atoms with van der Waals surface area (Å²) in [7, 11) is 0. The molecule has 0 rings (SSSR count). The molecule has 0 saturated heterocycles. The van der Waals surface area contributed by atoms with Crippen molar-refractivity contribution in [1.29, 1.82) is 0 Å². The number of unbranched alkanes of at least 4 members (excludes halogenated alkanes) is 1. The second kappa shape index (κ2) is 6.47. The van der Waals surface area contributed by atoms with Crippen molar-refractivity contribution in [2.24, 2.45) is 5.41 Å². The van der Waals surface area contributed by atoms with Crippen molar-refractivity contribution in [3.8, 4) is 0 Å². The van der Waals surface area contributed by atoms with Crippen molar-refractivity contribution in [3.63, 3.8) is 0 Å². The van der Waals surface area contributed by atoms with Crippen molar-refractivity contribution in [2.45, 2.75) is 53.4 Å². The summed E-state index contributed by atoms with van der Waals surface area (Å²) in [6.45, 7) is 8.40. The fourth-order valence-electron chi connectivity index (χ4n) is 1.11. The van der Waals surface area contributed by atoms with Crippen LogP contribution in [0.5, 0.6) is 0 Å². The fourth-order valence-corrected chi connectivity index (χ4v) is 1.99. The van der Waals surface area contributed by atoms with Gasteiger partial charge in [-0.15, -0.1) is 0 Å². The molecule has 0 aliphatic rings. The van der Waals surface area contributed by atoms with E-state index < -0.39 is 0 Å². The number of thioether (sulfide) groups is 1. The Bertz CT molecular complexity index is 152. The summed E-state index contributed by atoms with van der Waals surface area (Å²) in [6, 6.07) is 0. The summed E-state index contributed by atoms with van der Waals surface area (Å²) in [5.74, 6) is 0.967. The largest absolute Gasteiger partial charge is 0.287 e. The molecule has 13 heavy (non-hydrogen) atoms. The number of hydrogen-bond donors (Lipinski definition) is 0. The molecule has 0 N–H and O–H groups in total. The summed E-state index contributed by atoms with van der Waals surface area (Å²) in [5, 5.41) is 0.364. The third kappa shape index (κ3) is 5.35. The van der Waals surface area contributed by atoms with E-state index in [1.54, 1.807) is 0 Å². The lowest BCUT2D eigenvalue weighted by molar-refractivity contribution is -0.118.